The average Bonchev–Trinajstić information content (AvgIpc) is 3.56. The summed E-state index contributed by atoms with van der Waals surface area (Å²) >= 11 is 0. The minimum atomic E-state index is -0.570. The number of hydrogen-bond acceptors (Lipinski definition) is 4. The quantitative estimate of drug-likeness (QED) is 0.465. The molecule has 0 bridgehead atoms. The smallest absolute Gasteiger partial charge is 0.166 e. The van der Waals surface area contributed by atoms with Gasteiger partial charge < -0.3 is 15.0 Å². The van der Waals surface area contributed by atoms with Crippen LogP contribution in [0.4, 0.5) is 14.5 Å². The Kier molecular flexibility index (Phi) is 5.96. The van der Waals surface area contributed by atoms with Crippen LogP contribution < -0.4 is 15.0 Å². The van der Waals surface area contributed by atoms with Crippen LogP contribution in [0.15, 0.2) is 42.7 Å². The summed E-state index contributed by atoms with van der Waals surface area (Å²) in [6.07, 6.45) is 10.4. The molecule has 2 fully saturated rings. The molecule has 7 heteroatoms. The number of aromatic nitrogens is 2. The van der Waals surface area contributed by atoms with E-state index in [4.69, 9.17) is 4.74 Å². The van der Waals surface area contributed by atoms with Gasteiger partial charge in [-0.1, -0.05) is 0 Å². The lowest BCUT2D eigenvalue weighted by Gasteiger charge is -2.38. The molecular weight excluding hydrogens is 446 g/mol. The van der Waals surface area contributed by atoms with Crippen LogP contribution in [0.2, 0.25) is 0 Å². The second-order valence-electron chi connectivity index (χ2n) is 10.3. The third-order valence-corrected chi connectivity index (χ3v) is 7.74. The molecule has 3 aromatic rings. The minimum absolute atomic E-state index is 0.0854. The number of piperidine rings is 1. The van der Waals surface area contributed by atoms with Crippen LogP contribution in [0.5, 0.6) is 11.5 Å². The third-order valence-electron chi connectivity index (χ3n) is 7.74. The predicted molar refractivity (Wildman–Crippen MR) is 133 cm³/mol. The molecule has 0 radical (unpaired) electrons. The van der Waals surface area contributed by atoms with E-state index in [9.17, 15) is 8.78 Å². The fraction of sp³-hybridized carbons (Fsp3) is 0.464. The second kappa shape index (κ2) is 9.26. The Balaban J connectivity index is 1.43. The fourth-order valence-corrected chi connectivity index (χ4v) is 5.49. The first-order chi connectivity index (χ1) is 17.1. The molecule has 184 valence electrons. The van der Waals surface area contributed by atoms with E-state index in [2.05, 4.69) is 40.6 Å². The van der Waals surface area contributed by atoms with Crippen molar-refractivity contribution in [2.24, 2.45) is 5.92 Å². The number of rotatable bonds is 6. The molecule has 3 aliphatic rings. The molecule has 5 nitrogen and oxygen atoms in total. The summed E-state index contributed by atoms with van der Waals surface area (Å²) < 4.78 is 37.0. The van der Waals surface area contributed by atoms with Gasteiger partial charge in [-0.3, -0.25) is 4.68 Å². The first kappa shape index (κ1) is 22.5. The lowest BCUT2D eigenvalue weighted by molar-refractivity contribution is 0.343. The van der Waals surface area contributed by atoms with E-state index in [1.165, 1.54) is 12.8 Å². The predicted octanol–water partition coefficient (Wildman–Crippen LogP) is 6.10. The first-order valence-corrected chi connectivity index (χ1v) is 12.9. The molecule has 6 rings (SSSR count). The van der Waals surface area contributed by atoms with Gasteiger partial charge in [-0.2, -0.15) is 5.10 Å². The lowest BCUT2D eigenvalue weighted by Crippen LogP contribution is -2.38. The van der Waals surface area contributed by atoms with Crippen molar-refractivity contribution in [3.8, 4) is 22.6 Å². The highest BCUT2D eigenvalue weighted by molar-refractivity contribution is 5.78. The van der Waals surface area contributed by atoms with E-state index in [-0.39, 0.29) is 5.75 Å². The molecule has 0 spiro atoms. The molecular formula is C28H32F2N4O. The Morgan fingerprint density at radius 3 is 2.69 bits per heavy atom. The standard InChI is InChI=1S/C28H32F2N4O/c1-18-2-6-24-26(33(18)16-19-3-4-19)9-7-23(28(24)35-27-14-21(29)5-8-25(27)30)20-15-32-34(17-20)22-10-12-31-13-11-22/h5,7-9,14-15,17-19,22,31H,2-4,6,10-13,16H2,1H3/t18-/m0/s1. The first-order valence-electron chi connectivity index (χ1n) is 12.9. The second-order valence-corrected chi connectivity index (χ2v) is 10.3. The van der Waals surface area contributed by atoms with Crippen LogP contribution in [0.1, 0.15) is 50.6 Å². The summed E-state index contributed by atoms with van der Waals surface area (Å²) in [7, 11) is 0. The van der Waals surface area contributed by atoms with Gasteiger partial charge in [0.05, 0.1) is 12.2 Å². The maximum atomic E-state index is 14.7. The molecule has 0 unspecified atom stereocenters. The van der Waals surface area contributed by atoms with Crippen LogP contribution >= 0.6 is 0 Å². The summed E-state index contributed by atoms with van der Waals surface area (Å²) in [5, 5.41) is 8.07. The number of benzene rings is 2. The van der Waals surface area contributed by atoms with Crippen molar-refractivity contribution in [3.05, 3.63) is 59.9 Å². The Bertz CT molecular complexity index is 1220. The summed E-state index contributed by atoms with van der Waals surface area (Å²) in [4.78, 5) is 2.48. The number of halogens is 2. The van der Waals surface area contributed by atoms with Gasteiger partial charge in [-0.15, -0.1) is 0 Å². The molecule has 1 atom stereocenters. The summed E-state index contributed by atoms with van der Waals surface area (Å²) in [5.41, 5.74) is 4.02. The monoisotopic (exact) mass is 478 g/mol. The molecule has 1 saturated heterocycles. The normalized spacial score (nSPS) is 20.7. The fourth-order valence-electron chi connectivity index (χ4n) is 5.49. The van der Waals surface area contributed by atoms with E-state index < -0.39 is 11.6 Å². The highest BCUT2D eigenvalue weighted by Gasteiger charge is 2.32. The van der Waals surface area contributed by atoms with Gasteiger partial charge in [-0.05, 0) is 88.7 Å². The van der Waals surface area contributed by atoms with E-state index in [0.717, 1.165) is 91.8 Å². The molecule has 0 amide bonds. The molecule has 35 heavy (non-hydrogen) atoms. The summed E-state index contributed by atoms with van der Waals surface area (Å²) in [6.45, 7) is 5.28. The maximum absolute atomic E-state index is 14.7. The molecule has 3 heterocycles. The van der Waals surface area contributed by atoms with Gasteiger partial charge in [0.15, 0.2) is 11.6 Å². The minimum Gasteiger partial charge on any atom is -0.453 e. The summed E-state index contributed by atoms with van der Waals surface area (Å²) in [5.74, 6) is 0.188. The molecule has 2 aliphatic heterocycles. The average molecular weight is 479 g/mol. The highest BCUT2D eigenvalue weighted by atomic mass is 19.1. The summed E-state index contributed by atoms with van der Waals surface area (Å²) in [6, 6.07) is 8.41. The van der Waals surface area contributed by atoms with Crippen LogP contribution in [-0.4, -0.2) is 35.5 Å². The van der Waals surface area contributed by atoms with Gasteiger partial charge >= 0.3 is 0 Å². The molecule has 2 aromatic carbocycles. The molecule has 1 saturated carbocycles. The van der Waals surface area contributed by atoms with Crippen molar-refractivity contribution < 1.29 is 13.5 Å². The van der Waals surface area contributed by atoms with Gasteiger partial charge in [0.25, 0.3) is 0 Å². The van der Waals surface area contributed by atoms with Gasteiger partial charge in [0.2, 0.25) is 0 Å². The van der Waals surface area contributed by atoms with Crippen molar-refractivity contribution in [3.63, 3.8) is 0 Å². The van der Waals surface area contributed by atoms with E-state index >= 15 is 0 Å². The van der Waals surface area contributed by atoms with Crippen LogP contribution in [-0.2, 0) is 6.42 Å². The maximum Gasteiger partial charge on any atom is 0.166 e. The van der Waals surface area contributed by atoms with Crippen LogP contribution in [0.25, 0.3) is 11.1 Å². The number of ether oxygens (including phenoxy) is 1. The molecule has 1 aliphatic carbocycles. The van der Waals surface area contributed by atoms with Crippen LogP contribution in [0.3, 0.4) is 0 Å². The zero-order valence-electron chi connectivity index (χ0n) is 20.1. The van der Waals surface area contributed by atoms with Gasteiger partial charge in [-0.25, -0.2) is 8.78 Å². The molecule has 1 aromatic heterocycles. The zero-order chi connectivity index (χ0) is 23.9. The van der Waals surface area contributed by atoms with Gasteiger partial charge in [0.1, 0.15) is 11.6 Å². The SMILES string of the molecule is C[C@H]1CCc2c(ccc(-c3cnn(C4CCNCC4)c3)c2Oc2cc(F)ccc2F)N1CC1CC1. The van der Waals surface area contributed by atoms with E-state index in [1.807, 2.05) is 10.9 Å². The zero-order valence-corrected chi connectivity index (χ0v) is 20.1. The third kappa shape index (κ3) is 4.54. The van der Waals surface area contributed by atoms with Crippen molar-refractivity contribution in [2.45, 2.75) is 57.5 Å². The number of nitrogens with zero attached hydrogens (tertiary/aromatic N) is 3. The lowest BCUT2D eigenvalue weighted by atomic mass is 9.92. The molecule has 1 N–H and O–H groups in total. The largest absolute Gasteiger partial charge is 0.453 e. The number of hydrogen-bond donors (Lipinski definition) is 1. The highest BCUT2D eigenvalue weighted by Crippen LogP contribution is 2.46. The Hall–Kier alpha value is -2.93. The van der Waals surface area contributed by atoms with Crippen molar-refractivity contribution >= 4 is 5.69 Å². The number of fused-ring (bicyclic) bond motifs is 1. The van der Waals surface area contributed by atoms with Crippen molar-refractivity contribution in [1.29, 1.82) is 0 Å². The van der Waals surface area contributed by atoms with Gasteiger partial charge in [0, 0.05) is 47.2 Å². The Morgan fingerprint density at radius 1 is 1.06 bits per heavy atom. The van der Waals surface area contributed by atoms with Crippen molar-refractivity contribution in [2.75, 3.05) is 24.5 Å². The van der Waals surface area contributed by atoms with Crippen molar-refractivity contribution in [1.82, 2.24) is 15.1 Å². The number of nitrogens with one attached hydrogen (secondary N) is 1. The van der Waals surface area contributed by atoms with Crippen LogP contribution in [0, 0.1) is 17.6 Å². The van der Waals surface area contributed by atoms with E-state index in [1.54, 1.807) is 0 Å². The number of anilines is 1. The Morgan fingerprint density at radius 2 is 1.89 bits per heavy atom. The Labute approximate surface area is 205 Å². The topological polar surface area (TPSA) is 42.3 Å². The van der Waals surface area contributed by atoms with E-state index in [0.29, 0.717) is 17.8 Å².